The van der Waals surface area contributed by atoms with Gasteiger partial charge in [0.2, 0.25) is 0 Å². The van der Waals surface area contributed by atoms with Crippen LogP contribution in [0.25, 0.3) is 0 Å². The number of ether oxygens (including phenoxy) is 3. The predicted molar refractivity (Wildman–Crippen MR) is 98.7 cm³/mol. The van der Waals surface area contributed by atoms with Gasteiger partial charge in [-0.3, -0.25) is 4.79 Å². The molecule has 2 rings (SSSR count). The van der Waals surface area contributed by atoms with Gasteiger partial charge in [-0.05, 0) is 49.4 Å². The molecule has 8 heteroatoms. The lowest BCUT2D eigenvalue weighted by Crippen LogP contribution is -2.21. The number of carbonyl (C=O) groups is 3. The number of carbonyl (C=O) groups excluding carboxylic acids is 3. The van der Waals surface area contributed by atoms with Crippen molar-refractivity contribution < 1.29 is 28.6 Å². The Labute approximate surface area is 156 Å². The average Bonchev–Trinajstić information content (AvgIpc) is 2.66. The Bertz CT molecular complexity index is 833. The molecule has 0 aromatic heterocycles. The van der Waals surface area contributed by atoms with E-state index in [1.165, 1.54) is 37.4 Å². The number of nitrogens with one attached hydrogen (secondary N) is 1. The second kappa shape index (κ2) is 9.23. The molecule has 0 saturated heterocycles. The molecule has 0 heterocycles. The molecule has 0 unspecified atom stereocenters. The van der Waals surface area contributed by atoms with Gasteiger partial charge in [0.15, 0.2) is 6.61 Å². The normalized spacial score (nSPS) is 10.0. The van der Waals surface area contributed by atoms with E-state index in [0.717, 1.165) is 0 Å². The lowest BCUT2D eigenvalue weighted by Gasteiger charge is -2.09. The van der Waals surface area contributed by atoms with Crippen LogP contribution in [-0.2, 0) is 14.3 Å². The van der Waals surface area contributed by atoms with Crippen LogP contribution < -0.4 is 15.8 Å². The summed E-state index contributed by atoms with van der Waals surface area (Å²) < 4.78 is 14.9. The van der Waals surface area contributed by atoms with Crippen molar-refractivity contribution >= 4 is 29.2 Å². The Morgan fingerprint density at radius 3 is 2.19 bits per heavy atom. The van der Waals surface area contributed by atoms with E-state index in [-0.39, 0.29) is 17.9 Å². The van der Waals surface area contributed by atoms with Crippen LogP contribution in [0, 0.1) is 0 Å². The van der Waals surface area contributed by atoms with Crippen LogP contribution in [0.2, 0.25) is 0 Å². The van der Waals surface area contributed by atoms with Crippen molar-refractivity contribution in [1.29, 1.82) is 0 Å². The zero-order valence-electron chi connectivity index (χ0n) is 15.0. The lowest BCUT2D eigenvalue weighted by atomic mass is 10.2. The maximum atomic E-state index is 12.0. The third-order valence-corrected chi connectivity index (χ3v) is 3.48. The monoisotopic (exact) mass is 372 g/mol. The van der Waals surface area contributed by atoms with Gasteiger partial charge in [0.25, 0.3) is 5.91 Å². The molecule has 0 atom stereocenters. The van der Waals surface area contributed by atoms with E-state index in [0.29, 0.717) is 17.0 Å². The summed E-state index contributed by atoms with van der Waals surface area (Å²) in [4.78, 5) is 35.5. The minimum atomic E-state index is -0.683. The van der Waals surface area contributed by atoms with Gasteiger partial charge >= 0.3 is 11.9 Å². The van der Waals surface area contributed by atoms with E-state index in [2.05, 4.69) is 5.32 Å². The first-order chi connectivity index (χ1) is 12.9. The van der Waals surface area contributed by atoms with Crippen molar-refractivity contribution in [1.82, 2.24) is 0 Å². The lowest BCUT2D eigenvalue weighted by molar-refractivity contribution is -0.119. The summed E-state index contributed by atoms with van der Waals surface area (Å²) in [6.07, 6.45) is 0. The Balaban J connectivity index is 1.87. The van der Waals surface area contributed by atoms with Gasteiger partial charge in [0, 0.05) is 5.69 Å². The maximum absolute atomic E-state index is 12.0. The van der Waals surface area contributed by atoms with Crippen LogP contribution in [0.4, 0.5) is 11.4 Å². The van der Waals surface area contributed by atoms with Gasteiger partial charge < -0.3 is 25.3 Å². The molecule has 142 valence electrons. The highest BCUT2D eigenvalue weighted by Crippen LogP contribution is 2.22. The number of rotatable bonds is 7. The zero-order chi connectivity index (χ0) is 19.8. The SMILES string of the molecule is CCOC(=O)c1ccc(NC(=O)COC(=O)c2ccc(OC)c(N)c2)cc1. The fraction of sp³-hybridized carbons (Fsp3) is 0.211. The first-order valence-electron chi connectivity index (χ1n) is 8.12. The molecular formula is C19H20N2O6. The van der Waals surface area contributed by atoms with E-state index >= 15 is 0 Å². The fourth-order valence-corrected chi connectivity index (χ4v) is 2.18. The highest BCUT2D eigenvalue weighted by Gasteiger charge is 2.13. The number of hydrogen-bond donors (Lipinski definition) is 2. The predicted octanol–water partition coefficient (Wildman–Crippen LogP) is 2.25. The second-order valence-electron chi connectivity index (χ2n) is 5.38. The van der Waals surface area contributed by atoms with E-state index in [9.17, 15) is 14.4 Å². The molecule has 0 spiro atoms. The molecule has 1 amide bonds. The van der Waals surface area contributed by atoms with Crippen LogP contribution in [0.5, 0.6) is 5.75 Å². The Hall–Kier alpha value is -3.55. The van der Waals surface area contributed by atoms with Crippen molar-refractivity contribution in [2.75, 3.05) is 31.4 Å². The summed E-state index contributed by atoms with van der Waals surface area (Å²) in [6, 6.07) is 10.6. The molecule has 27 heavy (non-hydrogen) atoms. The van der Waals surface area contributed by atoms with Crippen molar-refractivity contribution in [2.24, 2.45) is 0 Å². The molecule has 8 nitrogen and oxygen atoms in total. The summed E-state index contributed by atoms with van der Waals surface area (Å²) in [5, 5.41) is 2.56. The van der Waals surface area contributed by atoms with Crippen molar-refractivity contribution in [3.8, 4) is 5.75 Å². The second-order valence-corrected chi connectivity index (χ2v) is 5.38. The standard InChI is InChI=1S/C19H20N2O6/c1-3-26-18(23)12-4-7-14(8-5-12)21-17(22)11-27-19(24)13-6-9-16(25-2)15(20)10-13/h4-10H,3,11,20H2,1-2H3,(H,21,22). The van der Waals surface area contributed by atoms with Gasteiger partial charge in [0.05, 0.1) is 30.5 Å². The molecule has 0 saturated carbocycles. The summed E-state index contributed by atoms with van der Waals surface area (Å²) in [6.45, 7) is 1.53. The van der Waals surface area contributed by atoms with Crippen LogP contribution in [-0.4, -0.2) is 38.2 Å². The molecule has 0 bridgehead atoms. The smallest absolute Gasteiger partial charge is 0.338 e. The van der Waals surface area contributed by atoms with E-state index in [1.54, 1.807) is 19.1 Å². The number of nitrogen functional groups attached to an aromatic ring is 1. The number of benzene rings is 2. The third kappa shape index (κ3) is 5.46. The number of amides is 1. The first kappa shape index (κ1) is 19.8. The van der Waals surface area contributed by atoms with Crippen LogP contribution in [0.15, 0.2) is 42.5 Å². The Morgan fingerprint density at radius 1 is 0.963 bits per heavy atom. The van der Waals surface area contributed by atoms with Gasteiger partial charge in [-0.1, -0.05) is 0 Å². The molecule has 0 aliphatic carbocycles. The van der Waals surface area contributed by atoms with Crippen molar-refractivity contribution in [3.63, 3.8) is 0 Å². The van der Waals surface area contributed by atoms with E-state index in [4.69, 9.17) is 19.9 Å². The molecule has 0 aliphatic heterocycles. The van der Waals surface area contributed by atoms with Gasteiger partial charge in [0.1, 0.15) is 5.75 Å². The zero-order valence-corrected chi connectivity index (χ0v) is 15.0. The van der Waals surface area contributed by atoms with Crippen molar-refractivity contribution in [2.45, 2.75) is 6.92 Å². The molecule has 0 radical (unpaired) electrons. The van der Waals surface area contributed by atoms with E-state index in [1.807, 2.05) is 0 Å². The fourth-order valence-electron chi connectivity index (χ4n) is 2.18. The third-order valence-electron chi connectivity index (χ3n) is 3.48. The molecular weight excluding hydrogens is 352 g/mol. The summed E-state index contributed by atoms with van der Waals surface area (Å²) in [5.41, 5.74) is 7.06. The maximum Gasteiger partial charge on any atom is 0.338 e. The van der Waals surface area contributed by atoms with Crippen molar-refractivity contribution in [3.05, 3.63) is 53.6 Å². The molecule has 0 aliphatic rings. The van der Waals surface area contributed by atoms with Gasteiger partial charge in [-0.15, -0.1) is 0 Å². The topological polar surface area (TPSA) is 117 Å². The van der Waals surface area contributed by atoms with Crippen LogP contribution in [0.1, 0.15) is 27.6 Å². The summed E-state index contributed by atoms with van der Waals surface area (Å²) in [7, 11) is 1.47. The first-order valence-corrected chi connectivity index (χ1v) is 8.12. The quantitative estimate of drug-likeness (QED) is 0.565. The largest absolute Gasteiger partial charge is 0.495 e. The van der Waals surface area contributed by atoms with Gasteiger partial charge in [-0.2, -0.15) is 0 Å². The minimum absolute atomic E-state index is 0.208. The van der Waals surface area contributed by atoms with E-state index < -0.39 is 24.5 Å². The van der Waals surface area contributed by atoms with Gasteiger partial charge in [-0.25, -0.2) is 9.59 Å². The Morgan fingerprint density at radius 2 is 1.59 bits per heavy atom. The molecule has 2 aromatic rings. The summed E-state index contributed by atoms with van der Waals surface area (Å²) in [5.74, 6) is -1.20. The Kier molecular flexibility index (Phi) is 6.76. The molecule has 2 aromatic carbocycles. The summed E-state index contributed by atoms with van der Waals surface area (Å²) >= 11 is 0. The number of nitrogens with two attached hydrogens (primary N) is 1. The van der Waals surface area contributed by atoms with Crippen LogP contribution in [0.3, 0.4) is 0 Å². The highest BCUT2D eigenvalue weighted by atomic mass is 16.5. The number of hydrogen-bond acceptors (Lipinski definition) is 7. The number of methoxy groups -OCH3 is 1. The number of esters is 2. The number of anilines is 2. The van der Waals surface area contributed by atoms with Crippen LogP contribution >= 0.6 is 0 Å². The highest BCUT2D eigenvalue weighted by molar-refractivity contribution is 5.96. The molecule has 0 fully saturated rings. The average molecular weight is 372 g/mol. The molecule has 3 N–H and O–H groups in total. The minimum Gasteiger partial charge on any atom is -0.495 e.